The average Bonchev–Trinajstić information content (AvgIpc) is 2.93. The van der Waals surface area contributed by atoms with Gasteiger partial charge in [-0.3, -0.25) is 37.3 Å². The van der Waals surface area contributed by atoms with Gasteiger partial charge in [0.2, 0.25) is 0 Å². The lowest BCUT2D eigenvalue weighted by molar-refractivity contribution is -0.161. The molecule has 3 N–H and O–H groups in total. The van der Waals surface area contributed by atoms with E-state index in [1.807, 2.05) is 0 Å². The fourth-order valence-electron chi connectivity index (χ4n) is 10.2. The molecule has 5 atom stereocenters. The summed E-state index contributed by atoms with van der Waals surface area (Å²) in [4.78, 5) is 72.6. The summed E-state index contributed by atoms with van der Waals surface area (Å²) < 4.78 is 68.3. The summed E-state index contributed by atoms with van der Waals surface area (Å²) >= 11 is 0. The second kappa shape index (κ2) is 66.6. The van der Waals surface area contributed by atoms with Crippen molar-refractivity contribution >= 4 is 39.5 Å². The van der Waals surface area contributed by atoms with E-state index in [1.165, 1.54) is 148 Å². The van der Waals surface area contributed by atoms with Crippen LogP contribution in [0, 0.1) is 0 Å². The first-order valence-electron chi connectivity index (χ1n) is 36.9. The molecule has 538 valence electrons. The molecule has 0 bridgehead atoms. The van der Waals surface area contributed by atoms with Crippen LogP contribution < -0.4 is 0 Å². The van der Waals surface area contributed by atoms with Crippen LogP contribution in [0.25, 0.3) is 0 Å². The van der Waals surface area contributed by atoms with Crippen LogP contribution in [0.2, 0.25) is 0 Å². The average molecular weight is 1350 g/mol. The lowest BCUT2D eigenvalue weighted by atomic mass is 10.0. The van der Waals surface area contributed by atoms with Crippen LogP contribution in [0.1, 0.15) is 336 Å². The Bertz CT molecular complexity index is 1940. The summed E-state index contributed by atoms with van der Waals surface area (Å²) in [6, 6.07) is 0. The van der Waals surface area contributed by atoms with Gasteiger partial charge in [0, 0.05) is 25.7 Å². The maximum absolute atomic E-state index is 13.0. The maximum atomic E-state index is 13.0. The Morgan fingerprint density at radius 1 is 0.315 bits per heavy atom. The molecule has 5 unspecified atom stereocenters. The standard InChI is InChI=1S/C73H134O17P2/c1-5-9-13-17-21-25-29-31-33-35-39-42-46-50-54-58-71(76)84-64-69(90-73(78)60-56-52-48-44-40-36-34-32-30-26-22-18-14-10-6-2)66-88-92(81,82)86-62-67(74)61-85-91(79,80)87-65-68(89-72(77)59-55-51-47-43-38-28-24-20-16-12-8-4)63-83-70(75)57-53-49-45-41-37-27-23-19-15-11-7-3/h9,13,21,25,31,33,39,42,67-69,74H,5-8,10-12,14-20,22-24,26-30,32,34-38,40-41,43-66H2,1-4H3,(H,79,80)(H,81,82)/b13-9-,25-21-,33-31-,42-39-. The second-order valence-electron chi connectivity index (χ2n) is 24.9. The van der Waals surface area contributed by atoms with Crippen molar-refractivity contribution in [2.75, 3.05) is 39.6 Å². The summed E-state index contributed by atoms with van der Waals surface area (Å²) in [5.41, 5.74) is 0. The van der Waals surface area contributed by atoms with Crippen molar-refractivity contribution in [2.24, 2.45) is 0 Å². The van der Waals surface area contributed by atoms with Crippen LogP contribution in [-0.4, -0.2) is 96.7 Å². The van der Waals surface area contributed by atoms with Crippen molar-refractivity contribution in [1.82, 2.24) is 0 Å². The molecule has 0 saturated heterocycles. The minimum absolute atomic E-state index is 0.0934. The maximum Gasteiger partial charge on any atom is 0.472 e. The van der Waals surface area contributed by atoms with Crippen molar-refractivity contribution in [2.45, 2.75) is 354 Å². The number of carbonyl (C=O) groups excluding carboxylic acids is 4. The van der Waals surface area contributed by atoms with E-state index in [4.69, 9.17) is 37.0 Å². The van der Waals surface area contributed by atoms with E-state index in [9.17, 15) is 43.2 Å². The highest BCUT2D eigenvalue weighted by molar-refractivity contribution is 7.47. The van der Waals surface area contributed by atoms with Crippen LogP contribution >= 0.6 is 15.6 Å². The number of rotatable bonds is 70. The molecule has 0 aromatic heterocycles. The van der Waals surface area contributed by atoms with E-state index < -0.39 is 97.5 Å². The van der Waals surface area contributed by atoms with E-state index >= 15 is 0 Å². The van der Waals surface area contributed by atoms with Gasteiger partial charge in [-0.05, 0) is 64.2 Å². The van der Waals surface area contributed by atoms with E-state index in [-0.39, 0.29) is 25.7 Å². The van der Waals surface area contributed by atoms with Crippen molar-refractivity contribution < 1.29 is 80.2 Å². The number of unbranched alkanes of at least 4 members (excludes halogenated alkanes) is 36. The molecule has 19 heteroatoms. The Hall–Kier alpha value is -2.98. The van der Waals surface area contributed by atoms with Crippen molar-refractivity contribution in [1.29, 1.82) is 0 Å². The van der Waals surface area contributed by atoms with Crippen LogP contribution in [0.15, 0.2) is 48.6 Å². The monoisotopic (exact) mass is 1340 g/mol. The summed E-state index contributed by atoms with van der Waals surface area (Å²) in [6.45, 7) is 4.75. The van der Waals surface area contributed by atoms with Crippen molar-refractivity contribution in [3.63, 3.8) is 0 Å². The summed E-state index contributed by atoms with van der Waals surface area (Å²) in [7, 11) is -9.93. The quantitative estimate of drug-likeness (QED) is 0.0169. The van der Waals surface area contributed by atoms with Crippen LogP contribution in [0.5, 0.6) is 0 Å². The van der Waals surface area contributed by atoms with Gasteiger partial charge >= 0.3 is 39.5 Å². The van der Waals surface area contributed by atoms with Gasteiger partial charge in [0.1, 0.15) is 19.3 Å². The molecule has 0 saturated carbocycles. The molecule has 0 aliphatic rings. The largest absolute Gasteiger partial charge is 0.472 e. The lowest BCUT2D eigenvalue weighted by Gasteiger charge is -2.21. The van der Waals surface area contributed by atoms with E-state index in [2.05, 4.69) is 76.3 Å². The number of allylic oxidation sites excluding steroid dienone is 8. The van der Waals surface area contributed by atoms with E-state index in [1.54, 1.807) is 0 Å². The Morgan fingerprint density at radius 2 is 0.565 bits per heavy atom. The zero-order valence-electron chi connectivity index (χ0n) is 58.5. The molecule has 0 aliphatic carbocycles. The summed E-state index contributed by atoms with van der Waals surface area (Å²) in [5.74, 6) is -2.19. The molecule has 92 heavy (non-hydrogen) atoms. The molecule has 0 aromatic rings. The van der Waals surface area contributed by atoms with Gasteiger partial charge in [-0.1, -0.05) is 295 Å². The van der Waals surface area contributed by atoms with Gasteiger partial charge in [0.25, 0.3) is 0 Å². The third-order valence-electron chi connectivity index (χ3n) is 15.8. The number of hydrogen-bond acceptors (Lipinski definition) is 15. The number of aliphatic hydroxyl groups excluding tert-OH is 1. The minimum Gasteiger partial charge on any atom is -0.462 e. The van der Waals surface area contributed by atoms with Crippen LogP contribution in [0.3, 0.4) is 0 Å². The molecule has 0 heterocycles. The van der Waals surface area contributed by atoms with E-state index in [0.29, 0.717) is 25.7 Å². The normalized spacial score (nSPS) is 14.3. The highest BCUT2D eigenvalue weighted by Gasteiger charge is 2.30. The number of ether oxygens (including phenoxy) is 4. The topological polar surface area (TPSA) is 237 Å². The molecular weight excluding hydrogens is 1210 g/mol. The van der Waals surface area contributed by atoms with Gasteiger partial charge in [0.15, 0.2) is 12.2 Å². The summed E-state index contributed by atoms with van der Waals surface area (Å²) in [6.07, 6.45) is 61.2. The summed E-state index contributed by atoms with van der Waals surface area (Å²) in [5, 5.41) is 10.6. The Labute approximate surface area is 559 Å². The Morgan fingerprint density at radius 3 is 0.870 bits per heavy atom. The SMILES string of the molecule is CC/C=C\C/C=C\C/C=C\C/C=C\CCCCC(=O)OCC(COP(=O)(O)OCC(O)COP(=O)(O)OCC(COC(=O)CCCCCCCCCCCCC)OC(=O)CCCCCCCCCCCCC)OC(=O)CCCCCCCCCCCCCCCCC. The molecule has 0 amide bonds. The second-order valence-corrected chi connectivity index (χ2v) is 27.8. The van der Waals surface area contributed by atoms with Gasteiger partial charge < -0.3 is 33.8 Å². The minimum atomic E-state index is -4.97. The molecule has 0 fully saturated rings. The fourth-order valence-corrected chi connectivity index (χ4v) is 11.8. The fraction of sp³-hybridized carbons (Fsp3) is 0.836. The Balaban J connectivity index is 5.31. The first-order chi connectivity index (χ1) is 44.7. The number of aliphatic hydroxyl groups is 1. The lowest BCUT2D eigenvalue weighted by Crippen LogP contribution is -2.30. The highest BCUT2D eigenvalue weighted by Crippen LogP contribution is 2.45. The molecule has 17 nitrogen and oxygen atoms in total. The zero-order valence-corrected chi connectivity index (χ0v) is 60.3. The number of esters is 4. The third kappa shape index (κ3) is 65.7. The van der Waals surface area contributed by atoms with Crippen LogP contribution in [0.4, 0.5) is 0 Å². The molecule has 0 spiro atoms. The number of carbonyl (C=O) groups is 4. The molecule has 0 radical (unpaired) electrons. The highest BCUT2D eigenvalue weighted by atomic mass is 31.2. The number of hydrogen-bond donors (Lipinski definition) is 3. The van der Waals surface area contributed by atoms with Gasteiger partial charge in [0.05, 0.1) is 26.4 Å². The first kappa shape index (κ1) is 89.0. The zero-order chi connectivity index (χ0) is 67.5. The van der Waals surface area contributed by atoms with Gasteiger partial charge in [-0.25, -0.2) is 9.13 Å². The third-order valence-corrected chi connectivity index (χ3v) is 17.7. The molecule has 0 aliphatic heterocycles. The van der Waals surface area contributed by atoms with Crippen LogP contribution in [-0.2, 0) is 65.4 Å². The first-order valence-corrected chi connectivity index (χ1v) is 39.9. The smallest absolute Gasteiger partial charge is 0.462 e. The predicted molar refractivity (Wildman–Crippen MR) is 372 cm³/mol. The predicted octanol–water partition coefficient (Wildman–Crippen LogP) is 20.6. The van der Waals surface area contributed by atoms with Crippen molar-refractivity contribution in [3.05, 3.63) is 48.6 Å². The molecule has 0 aromatic carbocycles. The van der Waals surface area contributed by atoms with Gasteiger partial charge in [-0.2, -0.15) is 0 Å². The van der Waals surface area contributed by atoms with E-state index in [0.717, 1.165) is 109 Å². The van der Waals surface area contributed by atoms with Gasteiger partial charge in [-0.15, -0.1) is 0 Å². The molecular formula is C73H134O17P2. The van der Waals surface area contributed by atoms with Crippen molar-refractivity contribution in [3.8, 4) is 0 Å². The number of phosphoric acid groups is 2. The number of phosphoric ester groups is 2. The molecule has 0 rings (SSSR count). The Kier molecular flexibility index (Phi) is 64.5.